The summed E-state index contributed by atoms with van der Waals surface area (Å²) in [7, 11) is 0. The number of aliphatic hydroxyl groups excluding tert-OH is 1. The van der Waals surface area contributed by atoms with Gasteiger partial charge in [0.2, 0.25) is 0 Å². The van der Waals surface area contributed by atoms with Crippen molar-refractivity contribution in [1.82, 2.24) is 0 Å². The van der Waals surface area contributed by atoms with Gasteiger partial charge in [-0.15, -0.1) is 0 Å². The Morgan fingerprint density at radius 3 is 2.38 bits per heavy atom. The maximum atomic E-state index is 12.8. The number of aliphatic hydroxyl groups is 1. The van der Waals surface area contributed by atoms with Gasteiger partial charge >= 0.3 is 0 Å². The highest BCUT2D eigenvalue weighted by atomic mass is 19.1. The van der Waals surface area contributed by atoms with E-state index in [-0.39, 0.29) is 18.3 Å². The van der Waals surface area contributed by atoms with E-state index in [2.05, 4.69) is 13.8 Å². The van der Waals surface area contributed by atoms with Crippen molar-refractivity contribution in [2.24, 2.45) is 5.92 Å². The molecule has 0 aromatic heterocycles. The van der Waals surface area contributed by atoms with Gasteiger partial charge in [-0.25, -0.2) is 4.39 Å². The van der Waals surface area contributed by atoms with Crippen LogP contribution < -0.4 is 0 Å². The molecule has 0 bridgehead atoms. The van der Waals surface area contributed by atoms with Gasteiger partial charge in [0.15, 0.2) is 0 Å². The highest BCUT2D eigenvalue weighted by molar-refractivity contribution is 5.20. The zero-order valence-electron chi connectivity index (χ0n) is 10.1. The highest BCUT2D eigenvalue weighted by Gasteiger charge is 2.14. The third-order valence-corrected chi connectivity index (χ3v) is 3.03. The van der Waals surface area contributed by atoms with Crippen molar-refractivity contribution >= 4 is 0 Å². The summed E-state index contributed by atoms with van der Waals surface area (Å²) in [4.78, 5) is 0. The average molecular weight is 224 g/mol. The van der Waals surface area contributed by atoms with Crippen LogP contribution in [0.3, 0.4) is 0 Å². The van der Waals surface area contributed by atoms with Crippen LogP contribution >= 0.6 is 0 Å². The van der Waals surface area contributed by atoms with Crippen molar-refractivity contribution in [3.8, 4) is 0 Å². The Morgan fingerprint density at radius 1 is 1.25 bits per heavy atom. The molecular weight excluding hydrogens is 203 g/mol. The zero-order chi connectivity index (χ0) is 12.0. The number of benzene rings is 1. The summed E-state index contributed by atoms with van der Waals surface area (Å²) in [6, 6.07) is 6.47. The smallest absolute Gasteiger partial charge is 0.123 e. The van der Waals surface area contributed by atoms with Crippen molar-refractivity contribution in [3.05, 3.63) is 35.6 Å². The minimum Gasteiger partial charge on any atom is -0.396 e. The molecule has 0 aliphatic rings. The lowest BCUT2D eigenvalue weighted by atomic mass is 9.88. The summed E-state index contributed by atoms with van der Waals surface area (Å²) in [6.07, 6.45) is 3.32. The van der Waals surface area contributed by atoms with E-state index in [4.69, 9.17) is 0 Å². The molecule has 0 spiro atoms. The molecule has 1 rings (SSSR count). The van der Waals surface area contributed by atoms with Crippen LogP contribution in [0.4, 0.5) is 4.39 Å². The van der Waals surface area contributed by atoms with Crippen LogP contribution in [0.15, 0.2) is 24.3 Å². The Morgan fingerprint density at radius 2 is 1.88 bits per heavy atom. The molecule has 0 saturated heterocycles. The Kier molecular flexibility index (Phi) is 5.47. The van der Waals surface area contributed by atoms with Crippen molar-refractivity contribution < 1.29 is 9.50 Å². The van der Waals surface area contributed by atoms with Gasteiger partial charge in [-0.3, -0.25) is 0 Å². The fourth-order valence-electron chi connectivity index (χ4n) is 2.15. The molecular formula is C14H21FO. The quantitative estimate of drug-likeness (QED) is 0.780. The van der Waals surface area contributed by atoms with Gasteiger partial charge in [0.25, 0.3) is 0 Å². The summed E-state index contributed by atoms with van der Waals surface area (Å²) in [5.74, 6) is 0.524. The number of halogens is 1. The number of rotatable bonds is 6. The van der Waals surface area contributed by atoms with E-state index in [1.165, 1.54) is 25.0 Å². The van der Waals surface area contributed by atoms with Crippen LogP contribution in [0.25, 0.3) is 0 Å². The van der Waals surface area contributed by atoms with Crippen molar-refractivity contribution in [2.45, 2.75) is 39.0 Å². The van der Waals surface area contributed by atoms with E-state index >= 15 is 0 Å². The normalized spacial score (nSPS) is 14.8. The molecule has 0 aliphatic heterocycles. The average Bonchev–Trinajstić information content (AvgIpc) is 2.27. The van der Waals surface area contributed by atoms with Crippen LogP contribution in [0.5, 0.6) is 0 Å². The molecule has 0 aliphatic carbocycles. The molecule has 2 heteroatoms. The zero-order valence-corrected chi connectivity index (χ0v) is 10.1. The lowest BCUT2D eigenvalue weighted by molar-refractivity contribution is 0.243. The highest BCUT2D eigenvalue weighted by Crippen LogP contribution is 2.25. The molecule has 0 saturated carbocycles. The molecule has 16 heavy (non-hydrogen) atoms. The van der Waals surface area contributed by atoms with Crippen molar-refractivity contribution in [1.29, 1.82) is 0 Å². The Labute approximate surface area is 97.3 Å². The summed E-state index contributed by atoms with van der Waals surface area (Å²) in [5, 5.41) is 9.37. The van der Waals surface area contributed by atoms with E-state index in [0.717, 1.165) is 12.0 Å². The van der Waals surface area contributed by atoms with Gasteiger partial charge in [0, 0.05) is 12.5 Å². The first-order valence-electron chi connectivity index (χ1n) is 6.03. The third-order valence-electron chi connectivity index (χ3n) is 3.03. The van der Waals surface area contributed by atoms with E-state index in [1.54, 1.807) is 12.1 Å². The Bertz CT molecular complexity index is 294. The lowest BCUT2D eigenvalue weighted by Crippen LogP contribution is -2.09. The molecule has 1 nitrogen and oxygen atoms in total. The molecule has 2 unspecified atom stereocenters. The molecule has 0 heterocycles. The minimum atomic E-state index is -0.220. The van der Waals surface area contributed by atoms with E-state index < -0.39 is 0 Å². The van der Waals surface area contributed by atoms with Crippen LogP contribution in [-0.4, -0.2) is 11.7 Å². The molecule has 1 aromatic rings. The third kappa shape index (κ3) is 3.93. The molecule has 90 valence electrons. The summed E-state index contributed by atoms with van der Waals surface area (Å²) >= 11 is 0. The van der Waals surface area contributed by atoms with Crippen molar-refractivity contribution in [2.75, 3.05) is 6.61 Å². The summed E-state index contributed by atoms with van der Waals surface area (Å²) < 4.78 is 12.8. The van der Waals surface area contributed by atoms with E-state index in [9.17, 15) is 9.50 Å². The number of hydrogen-bond donors (Lipinski definition) is 1. The molecule has 1 N–H and O–H groups in total. The van der Waals surface area contributed by atoms with Gasteiger partial charge < -0.3 is 5.11 Å². The maximum absolute atomic E-state index is 12.8. The van der Waals surface area contributed by atoms with Crippen LogP contribution in [0.2, 0.25) is 0 Å². The second-order valence-electron chi connectivity index (χ2n) is 4.56. The molecule has 2 atom stereocenters. The first kappa shape index (κ1) is 13.2. The standard InChI is InChI=1S/C14H21FO/c1-3-4-11(2)9-13(10-16)12-5-7-14(15)8-6-12/h5-8,11,13,16H,3-4,9-10H2,1-2H3. The predicted octanol–water partition coefficient (Wildman–Crippen LogP) is 3.73. The van der Waals surface area contributed by atoms with Gasteiger partial charge in [-0.05, 0) is 30.0 Å². The van der Waals surface area contributed by atoms with Crippen LogP contribution in [0.1, 0.15) is 44.6 Å². The van der Waals surface area contributed by atoms with Gasteiger partial charge in [0.05, 0.1) is 0 Å². The first-order valence-corrected chi connectivity index (χ1v) is 6.03. The van der Waals surface area contributed by atoms with Gasteiger partial charge in [0.1, 0.15) is 5.82 Å². The monoisotopic (exact) mass is 224 g/mol. The lowest BCUT2D eigenvalue weighted by Gasteiger charge is -2.19. The van der Waals surface area contributed by atoms with Crippen molar-refractivity contribution in [3.63, 3.8) is 0 Å². The van der Waals surface area contributed by atoms with Crippen LogP contribution in [-0.2, 0) is 0 Å². The van der Waals surface area contributed by atoms with E-state index in [1.807, 2.05) is 0 Å². The van der Waals surface area contributed by atoms with Crippen LogP contribution in [0, 0.1) is 11.7 Å². The summed E-state index contributed by atoms with van der Waals surface area (Å²) in [6.45, 7) is 4.51. The fourth-order valence-corrected chi connectivity index (χ4v) is 2.15. The SMILES string of the molecule is CCCC(C)CC(CO)c1ccc(F)cc1. The van der Waals surface area contributed by atoms with Gasteiger partial charge in [-0.2, -0.15) is 0 Å². The second kappa shape index (κ2) is 6.64. The molecule has 1 aromatic carbocycles. The largest absolute Gasteiger partial charge is 0.396 e. The predicted molar refractivity (Wildman–Crippen MR) is 64.9 cm³/mol. The Balaban J connectivity index is 2.63. The maximum Gasteiger partial charge on any atom is 0.123 e. The molecule has 0 radical (unpaired) electrons. The first-order chi connectivity index (χ1) is 7.67. The number of hydrogen-bond acceptors (Lipinski definition) is 1. The topological polar surface area (TPSA) is 20.2 Å². The minimum absolute atomic E-state index is 0.139. The second-order valence-corrected chi connectivity index (χ2v) is 4.56. The Hall–Kier alpha value is -0.890. The molecule has 0 amide bonds. The summed E-state index contributed by atoms with van der Waals surface area (Å²) in [5.41, 5.74) is 1.03. The fraction of sp³-hybridized carbons (Fsp3) is 0.571. The molecule has 0 fully saturated rings. The van der Waals surface area contributed by atoms with Gasteiger partial charge in [-0.1, -0.05) is 38.8 Å². The van der Waals surface area contributed by atoms with E-state index in [0.29, 0.717) is 5.92 Å².